The molecule has 18 heavy (non-hydrogen) atoms. The molecule has 1 aromatic rings. The lowest BCUT2D eigenvalue weighted by Gasteiger charge is -2.16. The van der Waals surface area contributed by atoms with Gasteiger partial charge in [-0.3, -0.25) is 4.79 Å². The van der Waals surface area contributed by atoms with Crippen molar-refractivity contribution in [1.82, 2.24) is 0 Å². The first kappa shape index (κ1) is 16.9. The molecule has 0 saturated carbocycles. The van der Waals surface area contributed by atoms with E-state index < -0.39 is 0 Å². The van der Waals surface area contributed by atoms with Gasteiger partial charge in [0.25, 0.3) is 0 Å². The number of Topliss-reactive ketones (excluding diaryl/α,β-unsaturated/α-hetero) is 1. The van der Waals surface area contributed by atoms with Gasteiger partial charge in [-0.1, -0.05) is 72.2 Å². The second-order valence-electron chi connectivity index (χ2n) is 7.45. The van der Waals surface area contributed by atoms with Crippen LogP contribution in [0.3, 0.4) is 0 Å². The zero-order chi connectivity index (χ0) is 14.6. The van der Waals surface area contributed by atoms with Crippen molar-refractivity contribution in [3.8, 4) is 0 Å². The van der Waals surface area contributed by atoms with E-state index in [9.17, 15) is 4.79 Å². The van der Waals surface area contributed by atoms with E-state index in [1.165, 1.54) is 0 Å². The van der Waals surface area contributed by atoms with E-state index in [1.807, 2.05) is 52.0 Å². The van der Waals surface area contributed by atoms with Gasteiger partial charge in [0.1, 0.15) is 0 Å². The average Bonchev–Trinajstić information content (AvgIpc) is 2.12. The minimum Gasteiger partial charge on any atom is -0.294 e. The van der Waals surface area contributed by atoms with Gasteiger partial charge in [0.15, 0.2) is 5.78 Å². The summed E-state index contributed by atoms with van der Waals surface area (Å²) in [6.45, 7) is 16.6. The molecule has 0 saturated heterocycles. The van der Waals surface area contributed by atoms with E-state index in [1.54, 1.807) is 0 Å². The molecule has 0 bridgehead atoms. The van der Waals surface area contributed by atoms with Crippen LogP contribution in [-0.2, 0) is 0 Å². The van der Waals surface area contributed by atoms with Crippen LogP contribution in [0.5, 0.6) is 0 Å². The molecule has 0 aliphatic heterocycles. The maximum atomic E-state index is 11.8. The smallest absolute Gasteiger partial charge is 0.168 e. The Bertz CT molecular complexity index is 383. The largest absolute Gasteiger partial charge is 0.294 e. The highest BCUT2D eigenvalue weighted by Gasteiger charge is 2.22. The van der Waals surface area contributed by atoms with E-state index in [4.69, 9.17) is 0 Å². The van der Waals surface area contributed by atoms with Crippen molar-refractivity contribution in [2.45, 2.75) is 55.4 Å². The van der Waals surface area contributed by atoms with Crippen LogP contribution in [-0.4, -0.2) is 5.78 Å². The molecule has 0 radical (unpaired) electrons. The SMILES string of the molecule is CC(C)(C)C.Cc1cccc(C(=O)C(C)(C)C)c1. The maximum Gasteiger partial charge on any atom is 0.168 e. The summed E-state index contributed by atoms with van der Waals surface area (Å²) >= 11 is 0. The Balaban J connectivity index is 0.000000494. The monoisotopic (exact) mass is 248 g/mol. The van der Waals surface area contributed by atoms with Gasteiger partial charge < -0.3 is 0 Å². The normalized spacial score (nSPS) is 11.6. The molecule has 0 unspecified atom stereocenters. The van der Waals surface area contributed by atoms with Gasteiger partial charge in [-0.2, -0.15) is 0 Å². The standard InChI is InChI=1S/C12H16O.C5H12/c1-9-6-5-7-10(8-9)11(13)12(2,3)4;1-5(2,3)4/h5-8H,1-4H3;1-4H3. The minimum absolute atomic E-state index is 0.205. The summed E-state index contributed by atoms with van der Waals surface area (Å²) in [5.74, 6) is 0.205. The Morgan fingerprint density at radius 2 is 1.39 bits per heavy atom. The molecular weight excluding hydrogens is 220 g/mol. The van der Waals surface area contributed by atoms with Crippen LogP contribution in [0.25, 0.3) is 0 Å². The Morgan fingerprint density at radius 1 is 0.944 bits per heavy atom. The first-order chi connectivity index (χ1) is 7.91. The van der Waals surface area contributed by atoms with Gasteiger partial charge in [0.05, 0.1) is 0 Å². The van der Waals surface area contributed by atoms with Crippen LogP contribution in [0.15, 0.2) is 24.3 Å². The number of carbonyl (C=O) groups is 1. The molecule has 0 heterocycles. The third-order valence-electron chi connectivity index (χ3n) is 1.96. The maximum absolute atomic E-state index is 11.8. The van der Waals surface area contributed by atoms with Crippen LogP contribution >= 0.6 is 0 Å². The topological polar surface area (TPSA) is 17.1 Å². The van der Waals surface area contributed by atoms with E-state index in [0.717, 1.165) is 11.1 Å². The molecular formula is C17H28O. The summed E-state index contributed by atoms with van der Waals surface area (Å²) in [6, 6.07) is 7.74. The fraction of sp³-hybridized carbons (Fsp3) is 0.588. The first-order valence-electron chi connectivity index (χ1n) is 6.53. The van der Waals surface area contributed by atoms with Crippen LogP contribution in [0.1, 0.15) is 64.4 Å². The zero-order valence-corrected chi connectivity index (χ0v) is 13.2. The number of rotatable bonds is 1. The molecule has 0 fully saturated rings. The van der Waals surface area contributed by atoms with Gasteiger partial charge >= 0.3 is 0 Å². The molecule has 0 aliphatic carbocycles. The fourth-order valence-electron chi connectivity index (χ4n) is 1.22. The minimum atomic E-state index is -0.284. The molecule has 1 nitrogen and oxygen atoms in total. The Hall–Kier alpha value is -1.11. The number of aryl methyl sites for hydroxylation is 1. The average molecular weight is 248 g/mol. The summed E-state index contributed by atoms with van der Waals surface area (Å²) in [5.41, 5.74) is 2.16. The first-order valence-corrected chi connectivity index (χ1v) is 6.53. The predicted octanol–water partition coefficient (Wildman–Crippen LogP) is 5.28. The van der Waals surface area contributed by atoms with Crippen LogP contribution in [0.2, 0.25) is 0 Å². The van der Waals surface area contributed by atoms with E-state index >= 15 is 0 Å². The summed E-state index contributed by atoms with van der Waals surface area (Å²) in [7, 11) is 0. The Morgan fingerprint density at radius 3 is 1.72 bits per heavy atom. The predicted molar refractivity (Wildman–Crippen MR) is 80.1 cm³/mol. The highest BCUT2D eigenvalue weighted by molar-refractivity contribution is 5.99. The van der Waals surface area contributed by atoms with Gasteiger partial charge in [-0.25, -0.2) is 0 Å². The molecule has 0 amide bonds. The Kier molecular flexibility index (Phi) is 5.79. The number of carbonyl (C=O) groups excluding carboxylic acids is 1. The van der Waals surface area contributed by atoms with Crippen molar-refractivity contribution in [3.63, 3.8) is 0 Å². The molecule has 0 aromatic heterocycles. The van der Waals surface area contributed by atoms with Crippen molar-refractivity contribution in [2.24, 2.45) is 10.8 Å². The second-order valence-corrected chi connectivity index (χ2v) is 7.45. The van der Waals surface area contributed by atoms with Crippen LogP contribution in [0.4, 0.5) is 0 Å². The van der Waals surface area contributed by atoms with E-state index in [0.29, 0.717) is 5.41 Å². The lowest BCUT2D eigenvalue weighted by Crippen LogP contribution is -2.20. The number of hydrogen-bond acceptors (Lipinski definition) is 1. The Labute approximate surface area is 113 Å². The second kappa shape index (κ2) is 6.17. The molecule has 0 aliphatic rings. The molecule has 1 aromatic carbocycles. The fourth-order valence-corrected chi connectivity index (χ4v) is 1.22. The van der Waals surface area contributed by atoms with Crippen LogP contribution in [0, 0.1) is 17.8 Å². The molecule has 102 valence electrons. The number of ketones is 1. The quantitative estimate of drug-likeness (QED) is 0.618. The molecule has 0 atom stereocenters. The summed E-state index contributed by atoms with van der Waals surface area (Å²) in [6.07, 6.45) is 0. The summed E-state index contributed by atoms with van der Waals surface area (Å²) in [4.78, 5) is 11.8. The van der Waals surface area contributed by atoms with Gasteiger partial charge in [-0.15, -0.1) is 0 Å². The number of hydrogen-bond donors (Lipinski definition) is 0. The van der Waals surface area contributed by atoms with Crippen molar-refractivity contribution in [1.29, 1.82) is 0 Å². The van der Waals surface area contributed by atoms with Crippen molar-refractivity contribution in [2.75, 3.05) is 0 Å². The highest BCUT2D eigenvalue weighted by atomic mass is 16.1. The van der Waals surface area contributed by atoms with Crippen LogP contribution < -0.4 is 0 Å². The summed E-state index contributed by atoms with van der Waals surface area (Å²) in [5, 5.41) is 0. The van der Waals surface area contributed by atoms with E-state index in [2.05, 4.69) is 27.7 Å². The lowest BCUT2D eigenvalue weighted by atomic mass is 9.86. The van der Waals surface area contributed by atoms with E-state index in [-0.39, 0.29) is 11.2 Å². The van der Waals surface area contributed by atoms with Gasteiger partial charge in [-0.05, 0) is 18.4 Å². The zero-order valence-electron chi connectivity index (χ0n) is 13.2. The third-order valence-corrected chi connectivity index (χ3v) is 1.96. The van der Waals surface area contributed by atoms with Crippen molar-refractivity contribution >= 4 is 5.78 Å². The van der Waals surface area contributed by atoms with Crippen molar-refractivity contribution < 1.29 is 4.79 Å². The number of benzene rings is 1. The molecule has 0 N–H and O–H groups in total. The van der Waals surface area contributed by atoms with Gasteiger partial charge in [0, 0.05) is 11.0 Å². The molecule has 1 heteroatoms. The highest BCUT2D eigenvalue weighted by Crippen LogP contribution is 2.20. The lowest BCUT2D eigenvalue weighted by molar-refractivity contribution is 0.0858. The molecule has 1 rings (SSSR count). The van der Waals surface area contributed by atoms with Gasteiger partial charge in [0.2, 0.25) is 0 Å². The molecule has 0 spiro atoms. The summed E-state index contributed by atoms with van der Waals surface area (Å²) < 4.78 is 0. The van der Waals surface area contributed by atoms with Crippen molar-refractivity contribution in [3.05, 3.63) is 35.4 Å². The third kappa shape index (κ3) is 8.05.